The molecule has 0 saturated carbocycles. The minimum Gasteiger partial charge on any atom is -0.379 e. The first-order valence-corrected chi connectivity index (χ1v) is 8.17. The van der Waals surface area contributed by atoms with E-state index in [0.717, 1.165) is 57.0 Å². The molecule has 0 aromatic rings. The molecule has 1 saturated heterocycles. The molecule has 2 atom stereocenters. The number of piperidine rings is 1. The highest BCUT2D eigenvalue weighted by molar-refractivity contribution is 14.0. The number of guanidine groups is 1. The third-order valence-corrected chi connectivity index (χ3v) is 3.52. The molecule has 126 valence electrons. The summed E-state index contributed by atoms with van der Waals surface area (Å²) in [5.74, 6) is 2.59. The van der Waals surface area contributed by atoms with Gasteiger partial charge in [-0.05, 0) is 45.4 Å². The Hall–Kier alpha value is -0.0400. The Morgan fingerprint density at radius 2 is 1.90 bits per heavy atom. The molecule has 5 heteroatoms. The normalized spacial score (nSPS) is 23.1. The van der Waals surface area contributed by atoms with Crippen LogP contribution in [0.3, 0.4) is 0 Å². The maximum absolute atomic E-state index is 5.56. The number of halogens is 1. The molecule has 1 aliphatic heterocycles. The maximum Gasteiger partial charge on any atom is 0.193 e. The Morgan fingerprint density at radius 3 is 2.43 bits per heavy atom. The second kappa shape index (κ2) is 11.5. The van der Waals surface area contributed by atoms with Gasteiger partial charge in [-0.3, -0.25) is 4.99 Å². The number of aliphatic imine (C=N–C) groups is 1. The van der Waals surface area contributed by atoms with Gasteiger partial charge in [-0.1, -0.05) is 13.8 Å². The molecule has 4 nitrogen and oxygen atoms in total. The predicted molar refractivity (Wildman–Crippen MR) is 102 cm³/mol. The highest BCUT2D eigenvalue weighted by Crippen LogP contribution is 2.20. The zero-order valence-electron chi connectivity index (χ0n) is 14.4. The topological polar surface area (TPSA) is 36.9 Å². The van der Waals surface area contributed by atoms with E-state index in [9.17, 15) is 0 Å². The smallest absolute Gasteiger partial charge is 0.193 e. The first kappa shape index (κ1) is 21.0. The van der Waals surface area contributed by atoms with Crippen molar-refractivity contribution in [2.45, 2.75) is 53.6 Å². The van der Waals surface area contributed by atoms with Crippen molar-refractivity contribution < 1.29 is 4.74 Å². The average molecular weight is 411 g/mol. The molecule has 1 N–H and O–H groups in total. The maximum atomic E-state index is 5.56. The predicted octanol–water partition coefficient (Wildman–Crippen LogP) is 3.36. The van der Waals surface area contributed by atoms with Gasteiger partial charge in [0.25, 0.3) is 0 Å². The number of likely N-dealkylation sites (tertiary alicyclic amines) is 1. The standard InChI is InChI=1S/C16H33N3O.HI/c1-6-17-16(18-8-7-9-20-13(2)3)19-11-14(4)10-15(5)12-19;/h13-15H,6-12H2,1-5H3,(H,17,18);1H. The Kier molecular flexibility index (Phi) is 11.5. The molecule has 1 aliphatic rings. The summed E-state index contributed by atoms with van der Waals surface area (Å²) in [5, 5.41) is 3.43. The van der Waals surface area contributed by atoms with E-state index >= 15 is 0 Å². The van der Waals surface area contributed by atoms with E-state index in [2.05, 4.69) is 44.8 Å². The molecular formula is C16H34IN3O. The fourth-order valence-electron chi connectivity index (χ4n) is 2.83. The van der Waals surface area contributed by atoms with Crippen LogP contribution in [0.1, 0.15) is 47.5 Å². The summed E-state index contributed by atoms with van der Waals surface area (Å²) in [6.45, 7) is 15.8. The summed E-state index contributed by atoms with van der Waals surface area (Å²) < 4.78 is 5.56. The van der Waals surface area contributed by atoms with Crippen LogP contribution in [-0.2, 0) is 4.74 Å². The molecule has 0 radical (unpaired) electrons. The van der Waals surface area contributed by atoms with Crippen molar-refractivity contribution in [2.75, 3.05) is 32.8 Å². The van der Waals surface area contributed by atoms with Crippen molar-refractivity contribution in [3.8, 4) is 0 Å². The van der Waals surface area contributed by atoms with Crippen LogP contribution < -0.4 is 5.32 Å². The van der Waals surface area contributed by atoms with Crippen LogP contribution in [0, 0.1) is 11.8 Å². The van der Waals surface area contributed by atoms with Crippen LogP contribution in [0.2, 0.25) is 0 Å². The molecule has 0 aliphatic carbocycles. The van der Waals surface area contributed by atoms with Gasteiger partial charge in [0, 0.05) is 32.8 Å². The lowest BCUT2D eigenvalue weighted by Crippen LogP contribution is -2.48. The molecular weight excluding hydrogens is 377 g/mol. The second-order valence-corrected chi connectivity index (χ2v) is 6.36. The van der Waals surface area contributed by atoms with E-state index in [1.807, 2.05) is 0 Å². The van der Waals surface area contributed by atoms with Gasteiger partial charge in [-0.2, -0.15) is 0 Å². The van der Waals surface area contributed by atoms with E-state index in [1.165, 1.54) is 6.42 Å². The summed E-state index contributed by atoms with van der Waals surface area (Å²) >= 11 is 0. The van der Waals surface area contributed by atoms with Crippen LogP contribution in [0.15, 0.2) is 4.99 Å². The van der Waals surface area contributed by atoms with Crippen LogP contribution in [0.5, 0.6) is 0 Å². The fraction of sp³-hybridized carbons (Fsp3) is 0.938. The first-order valence-electron chi connectivity index (χ1n) is 8.17. The molecule has 1 rings (SSSR count). The van der Waals surface area contributed by atoms with Gasteiger partial charge in [0.1, 0.15) is 0 Å². The molecule has 0 bridgehead atoms. The van der Waals surface area contributed by atoms with Crippen LogP contribution in [0.25, 0.3) is 0 Å². The molecule has 2 unspecified atom stereocenters. The second-order valence-electron chi connectivity index (χ2n) is 6.36. The van der Waals surface area contributed by atoms with Gasteiger partial charge in [0.05, 0.1) is 6.10 Å². The quantitative estimate of drug-likeness (QED) is 0.315. The van der Waals surface area contributed by atoms with Gasteiger partial charge in [0.15, 0.2) is 5.96 Å². The summed E-state index contributed by atoms with van der Waals surface area (Å²) in [6.07, 6.45) is 2.64. The molecule has 0 spiro atoms. The van der Waals surface area contributed by atoms with E-state index < -0.39 is 0 Å². The lowest BCUT2D eigenvalue weighted by atomic mass is 9.92. The number of nitrogens with zero attached hydrogens (tertiary/aromatic N) is 2. The van der Waals surface area contributed by atoms with E-state index in [1.54, 1.807) is 0 Å². The lowest BCUT2D eigenvalue weighted by molar-refractivity contribution is 0.0782. The van der Waals surface area contributed by atoms with Gasteiger partial charge in [-0.15, -0.1) is 24.0 Å². The largest absolute Gasteiger partial charge is 0.379 e. The minimum atomic E-state index is 0. The fourth-order valence-corrected chi connectivity index (χ4v) is 2.83. The zero-order chi connectivity index (χ0) is 15.0. The van der Waals surface area contributed by atoms with E-state index in [0.29, 0.717) is 6.10 Å². The third-order valence-electron chi connectivity index (χ3n) is 3.52. The lowest BCUT2D eigenvalue weighted by Gasteiger charge is -2.37. The number of ether oxygens (including phenoxy) is 1. The number of hydrogen-bond acceptors (Lipinski definition) is 2. The Bertz CT molecular complexity index is 287. The zero-order valence-corrected chi connectivity index (χ0v) is 16.7. The molecule has 21 heavy (non-hydrogen) atoms. The van der Waals surface area contributed by atoms with Gasteiger partial charge in [0.2, 0.25) is 0 Å². The van der Waals surface area contributed by atoms with Crippen LogP contribution in [0.4, 0.5) is 0 Å². The van der Waals surface area contributed by atoms with Crippen molar-refractivity contribution >= 4 is 29.9 Å². The average Bonchev–Trinajstić information content (AvgIpc) is 2.35. The molecule has 1 fully saturated rings. The third kappa shape index (κ3) is 8.86. The SMILES string of the molecule is CCNC(=NCCCOC(C)C)N1CC(C)CC(C)C1.I. The summed E-state index contributed by atoms with van der Waals surface area (Å²) in [4.78, 5) is 7.18. The number of nitrogens with one attached hydrogen (secondary N) is 1. The van der Waals surface area contributed by atoms with Crippen molar-refractivity contribution in [1.29, 1.82) is 0 Å². The van der Waals surface area contributed by atoms with Crippen LogP contribution >= 0.6 is 24.0 Å². The monoisotopic (exact) mass is 411 g/mol. The van der Waals surface area contributed by atoms with E-state index in [4.69, 9.17) is 9.73 Å². The summed E-state index contributed by atoms with van der Waals surface area (Å²) in [7, 11) is 0. The van der Waals surface area contributed by atoms with Crippen molar-refractivity contribution in [3.05, 3.63) is 0 Å². The number of rotatable bonds is 6. The van der Waals surface area contributed by atoms with Crippen molar-refractivity contribution in [2.24, 2.45) is 16.8 Å². The molecule has 0 amide bonds. The van der Waals surface area contributed by atoms with Gasteiger partial charge < -0.3 is 15.0 Å². The molecule has 0 aromatic heterocycles. The summed E-state index contributed by atoms with van der Waals surface area (Å²) in [6, 6.07) is 0. The van der Waals surface area contributed by atoms with Crippen molar-refractivity contribution in [1.82, 2.24) is 10.2 Å². The highest BCUT2D eigenvalue weighted by atomic mass is 127. The van der Waals surface area contributed by atoms with Gasteiger partial charge in [-0.25, -0.2) is 0 Å². The van der Waals surface area contributed by atoms with Crippen LogP contribution in [-0.4, -0.2) is 49.7 Å². The molecule has 0 aromatic carbocycles. The number of hydrogen-bond donors (Lipinski definition) is 1. The Labute approximate surface area is 148 Å². The van der Waals surface area contributed by atoms with Gasteiger partial charge >= 0.3 is 0 Å². The Morgan fingerprint density at radius 1 is 1.29 bits per heavy atom. The van der Waals surface area contributed by atoms with Crippen molar-refractivity contribution in [3.63, 3.8) is 0 Å². The highest BCUT2D eigenvalue weighted by Gasteiger charge is 2.23. The van der Waals surface area contributed by atoms with E-state index in [-0.39, 0.29) is 24.0 Å². The summed E-state index contributed by atoms with van der Waals surface area (Å²) in [5.41, 5.74) is 0. The molecule has 1 heterocycles. The Balaban J connectivity index is 0.00000400. The minimum absolute atomic E-state index is 0. The first-order chi connectivity index (χ1) is 9.52.